The summed E-state index contributed by atoms with van der Waals surface area (Å²) in [6.45, 7) is 2.11. The molecule has 1 N–H and O–H groups in total. The fourth-order valence-corrected chi connectivity index (χ4v) is 2.94. The van der Waals surface area contributed by atoms with E-state index in [1.54, 1.807) is 0 Å². The number of unbranched alkanes of at least 4 members (excludes halogenated alkanes) is 1. The summed E-state index contributed by atoms with van der Waals surface area (Å²) in [7, 11) is 0. The highest BCUT2D eigenvalue weighted by Gasteiger charge is 2.35. The minimum Gasteiger partial charge on any atom is -0.367 e. The Kier molecular flexibility index (Phi) is 4.41. The molecule has 2 heterocycles. The average Bonchev–Trinajstić information content (AvgIpc) is 2.90. The normalized spacial score (nSPS) is 17.2. The van der Waals surface area contributed by atoms with E-state index in [0.29, 0.717) is 11.7 Å². The molecule has 0 saturated heterocycles. The first kappa shape index (κ1) is 16.0. The molecule has 0 spiro atoms. The Hall–Kier alpha value is -1.86. The number of hydrogen-bond acceptors (Lipinski definition) is 4. The SMILES string of the molecule is CCCC[C@@H](Nc1cc(C(F)(F)F)nc2ncnn12)C1CCC1. The van der Waals surface area contributed by atoms with Crippen LogP contribution in [0.3, 0.4) is 0 Å². The van der Waals surface area contributed by atoms with E-state index in [-0.39, 0.29) is 11.8 Å². The van der Waals surface area contributed by atoms with Gasteiger partial charge in [0.2, 0.25) is 0 Å². The van der Waals surface area contributed by atoms with Gasteiger partial charge in [0.15, 0.2) is 5.69 Å². The zero-order valence-corrected chi connectivity index (χ0v) is 13.0. The van der Waals surface area contributed by atoms with Crippen LogP contribution in [-0.2, 0) is 6.18 Å². The lowest BCUT2D eigenvalue weighted by Crippen LogP contribution is -2.34. The van der Waals surface area contributed by atoms with E-state index in [9.17, 15) is 13.2 Å². The molecule has 0 unspecified atom stereocenters. The first-order chi connectivity index (χ1) is 11.0. The lowest BCUT2D eigenvalue weighted by atomic mass is 9.78. The van der Waals surface area contributed by atoms with Gasteiger partial charge in [-0.25, -0.2) is 4.98 Å². The molecule has 0 radical (unpaired) electrons. The number of nitrogens with zero attached hydrogens (tertiary/aromatic N) is 4. The fourth-order valence-electron chi connectivity index (χ4n) is 2.94. The molecule has 23 heavy (non-hydrogen) atoms. The van der Waals surface area contributed by atoms with Gasteiger partial charge in [-0.05, 0) is 25.2 Å². The molecule has 1 atom stereocenters. The smallest absolute Gasteiger partial charge is 0.367 e. The van der Waals surface area contributed by atoms with Crippen molar-refractivity contribution in [1.82, 2.24) is 19.6 Å². The Morgan fingerprint density at radius 2 is 2.17 bits per heavy atom. The molecule has 1 aliphatic rings. The number of nitrogens with one attached hydrogen (secondary N) is 1. The molecule has 3 rings (SSSR count). The first-order valence-electron chi connectivity index (χ1n) is 8.03. The summed E-state index contributed by atoms with van der Waals surface area (Å²) in [6, 6.07) is 1.19. The molecule has 1 aliphatic carbocycles. The van der Waals surface area contributed by atoms with Crippen molar-refractivity contribution in [2.75, 3.05) is 5.32 Å². The number of anilines is 1. The monoisotopic (exact) mass is 327 g/mol. The van der Waals surface area contributed by atoms with Crippen LogP contribution in [0.2, 0.25) is 0 Å². The van der Waals surface area contributed by atoms with Gasteiger partial charge < -0.3 is 5.32 Å². The summed E-state index contributed by atoms with van der Waals surface area (Å²) in [5.74, 6) is 0.792. The van der Waals surface area contributed by atoms with Crippen LogP contribution < -0.4 is 5.32 Å². The van der Waals surface area contributed by atoms with Crippen molar-refractivity contribution in [2.24, 2.45) is 5.92 Å². The summed E-state index contributed by atoms with van der Waals surface area (Å²) < 4.78 is 40.4. The van der Waals surface area contributed by atoms with Crippen molar-refractivity contribution < 1.29 is 13.2 Å². The largest absolute Gasteiger partial charge is 0.433 e. The molecule has 5 nitrogen and oxygen atoms in total. The zero-order valence-electron chi connectivity index (χ0n) is 13.0. The third-order valence-electron chi connectivity index (χ3n) is 4.46. The molecule has 0 amide bonds. The van der Waals surface area contributed by atoms with Crippen LogP contribution in [0, 0.1) is 5.92 Å². The topological polar surface area (TPSA) is 55.1 Å². The molecule has 1 saturated carbocycles. The second-order valence-corrected chi connectivity index (χ2v) is 6.08. The number of hydrogen-bond donors (Lipinski definition) is 1. The van der Waals surface area contributed by atoms with E-state index in [1.807, 2.05) is 0 Å². The van der Waals surface area contributed by atoms with Gasteiger partial charge in [-0.3, -0.25) is 0 Å². The minimum absolute atomic E-state index is 0.0369. The van der Waals surface area contributed by atoms with Crippen LogP contribution in [0.1, 0.15) is 51.1 Å². The standard InChI is InChI=1S/C15H20F3N5/c1-2-3-7-11(10-5-4-6-10)21-13-8-12(15(16,17)18)22-14-19-9-20-23(13)14/h8-11,21H,2-7H2,1H3/t11-/m1/s1. The maximum atomic E-state index is 13.0. The first-order valence-corrected chi connectivity index (χ1v) is 8.03. The van der Waals surface area contributed by atoms with E-state index in [4.69, 9.17) is 0 Å². The van der Waals surface area contributed by atoms with Crippen LogP contribution >= 0.6 is 0 Å². The van der Waals surface area contributed by atoms with Crippen molar-refractivity contribution in [1.29, 1.82) is 0 Å². The third kappa shape index (κ3) is 3.40. The van der Waals surface area contributed by atoms with Gasteiger partial charge in [0.1, 0.15) is 12.1 Å². The van der Waals surface area contributed by atoms with Gasteiger partial charge in [-0.15, -0.1) is 0 Å². The van der Waals surface area contributed by atoms with Crippen molar-refractivity contribution >= 4 is 11.6 Å². The van der Waals surface area contributed by atoms with Gasteiger partial charge in [0, 0.05) is 12.1 Å². The molecule has 0 bridgehead atoms. The highest BCUT2D eigenvalue weighted by Crippen LogP contribution is 2.34. The van der Waals surface area contributed by atoms with E-state index < -0.39 is 11.9 Å². The molecule has 1 fully saturated rings. The fraction of sp³-hybridized carbons (Fsp3) is 0.667. The van der Waals surface area contributed by atoms with Crippen LogP contribution in [0.25, 0.3) is 5.78 Å². The average molecular weight is 327 g/mol. The Labute approximate surface area is 132 Å². The number of alkyl halides is 3. The van der Waals surface area contributed by atoms with Gasteiger partial charge in [-0.1, -0.05) is 26.2 Å². The molecule has 0 aliphatic heterocycles. The maximum absolute atomic E-state index is 13.0. The second kappa shape index (κ2) is 6.33. The van der Waals surface area contributed by atoms with E-state index in [1.165, 1.54) is 17.3 Å². The maximum Gasteiger partial charge on any atom is 0.433 e. The lowest BCUT2D eigenvalue weighted by molar-refractivity contribution is -0.141. The third-order valence-corrected chi connectivity index (χ3v) is 4.46. The number of aromatic nitrogens is 4. The summed E-state index contributed by atoms with van der Waals surface area (Å²) in [4.78, 5) is 7.34. The summed E-state index contributed by atoms with van der Waals surface area (Å²) in [6.07, 6.45) is 3.22. The minimum atomic E-state index is -4.50. The Morgan fingerprint density at radius 1 is 1.39 bits per heavy atom. The molecule has 2 aromatic heterocycles. The van der Waals surface area contributed by atoms with Gasteiger partial charge >= 0.3 is 6.18 Å². The lowest BCUT2D eigenvalue weighted by Gasteiger charge is -2.35. The second-order valence-electron chi connectivity index (χ2n) is 6.08. The van der Waals surface area contributed by atoms with E-state index >= 15 is 0 Å². The highest BCUT2D eigenvalue weighted by atomic mass is 19.4. The molecule has 0 aromatic carbocycles. The van der Waals surface area contributed by atoms with Crippen molar-refractivity contribution in [3.63, 3.8) is 0 Å². The zero-order chi connectivity index (χ0) is 16.4. The van der Waals surface area contributed by atoms with Crippen molar-refractivity contribution in [3.8, 4) is 0 Å². The van der Waals surface area contributed by atoms with Gasteiger partial charge in [0.25, 0.3) is 5.78 Å². The van der Waals surface area contributed by atoms with Gasteiger partial charge in [0.05, 0.1) is 0 Å². The van der Waals surface area contributed by atoms with Crippen molar-refractivity contribution in [3.05, 3.63) is 18.1 Å². The van der Waals surface area contributed by atoms with Crippen LogP contribution in [0.5, 0.6) is 0 Å². The predicted octanol–water partition coefficient (Wildman–Crippen LogP) is 3.91. The summed E-state index contributed by atoms with van der Waals surface area (Å²) in [5.41, 5.74) is -0.941. The molecular formula is C15H20F3N5. The number of halogens is 3. The molecule has 2 aromatic rings. The number of fused-ring (bicyclic) bond motifs is 1. The van der Waals surface area contributed by atoms with E-state index in [2.05, 4.69) is 27.3 Å². The van der Waals surface area contributed by atoms with Crippen LogP contribution in [0.15, 0.2) is 12.4 Å². The van der Waals surface area contributed by atoms with Crippen LogP contribution in [0.4, 0.5) is 19.0 Å². The molecule has 126 valence electrons. The molecule has 8 heteroatoms. The Balaban J connectivity index is 1.91. The van der Waals surface area contributed by atoms with Crippen molar-refractivity contribution in [2.45, 2.75) is 57.7 Å². The highest BCUT2D eigenvalue weighted by molar-refractivity contribution is 5.46. The van der Waals surface area contributed by atoms with Crippen LogP contribution in [-0.4, -0.2) is 25.6 Å². The summed E-state index contributed by atoms with van der Waals surface area (Å²) in [5, 5.41) is 7.27. The van der Waals surface area contributed by atoms with E-state index in [0.717, 1.165) is 38.2 Å². The predicted molar refractivity (Wildman–Crippen MR) is 80.1 cm³/mol. The Morgan fingerprint density at radius 3 is 2.78 bits per heavy atom. The Bertz CT molecular complexity index is 663. The number of rotatable bonds is 6. The molecular weight excluding hydrogens is 307 g/mol. The summed E-state index contributed by atoms with van der Waals surface area (Å²) >= 11 is 0. The quantitative estimate of drug-likeness (QED) is 0.874. The van der Waals surface area contributed by atoms with Gasteiger partial charge in [-0.2, -0.15) is 27.8 Å².